The quantitative estimate of drug-likeness (QED) is 0.612. The van der Waals surface area contributed by atoms with Crippen LogP contribution in [0.5, 0.6) is 0 Å². The lowest BCUT2D eigenvalue weighted by molar-refractivity contribution is -0.131. The standard InChI is InChI=1S/C5H6F3NO2/c6-5(7,8)3-9-2-1-4(10)11/h1-2,9H,3H2,(H,10,11)/b2-1+. The summed E-state index contributed by atoms with van der Waals surface area (Å²) in [5.74, 6) is -1.29. The first-order chi connectivity index (χ1) is 4.92. The van der Waals surface area contributed by atoms with Gasteiger partial charge in [0.05, 0.1) is 0 Å². The number of alkyl halides is 3. The molecule has 0 spiro atoms. The van der Waals surface area contributed by atoms with Crippen molar-refractivity contribution in [3.05, 3.63) is 12.3 Å². The molecule has 0 aromatic carbocycles. The molecule has 0 saturated carbocycles. The zero-order valence-corrected chi connectivity index (χ0v) is 5.35. The lowest BCUT2D eigenvalue weighted by Gasteiger charge is -2.03. The largest absolute Gasteiger partial charge is 0.478 e. The Kier molecular flexibility index (Phi) is 3.43. The van der Waals surface area contributed by atoms with Crippen molar-refractivity contribution in [3.63, 3.8) is 0 Å². The van der Waals surface area contributed by atoms with Crippen LogP contribution in [-0.2, 0) is 4.79 Å². The highest BCUT2D eigenvalue weighted by Crippen LogP contribution is 2.11. The molecule has 11 heavy (non-hydrogen) atoms. The Morgan fingerprint density at radius 1 is 1.55 bits per heavy atom. The summed E-state index contributed by atoms with van der Waals surface area (Å²) in [7, 11) is 0. The van der Waals surface area contributed by atoms with Crippen molar-refractivity contribution in [2.24, 2.45) is 0 Å². The van der Waals surface area contributed by atoms with Gasteiger partial charge >= 0.3 is 12.1 Å². The average Bonchev–Trinajstić information content (AvgIpc) is 1.78. The highest BCUT2D eigenvalue weighted by atomic mass is 19.4. The highest BCUT2D eigenvalue weighted by molar-refractivity contribution is 5.79. The molecule has 0 aromatic rings. The minimum atomic E-state index is -4.32. The van der Waals surface area contributed by atoms with Crippen molar-refractivity contribution in [2.45, 2.75) is 6.18 Å². The van der Waals surface area contributed by atoms with E-state index in [1.54, 1.807) is 5.32 Å². The molecule has 64 valence electrons. The van der Waals surface area contributed by atoms with Gasteiger partial charge in [0.2, 0.25) is 0 Å². The summed E-state index contributed by atoms with van der Waals surface area (Å²) in [5.41, 5.74) is 0. The molecule has 0 atom stereocenters. The normalized spacial score (nSPS) is 11.9. The minimum Gasteiger partial charge on any atom is -0.478 e. The number of carbonyl (C=O) groups is 1. The Balaban J connectivity index is 3.50. The van der Waals surface area contributed by atoms with Gasteiger partial charge in [0.1, 0.15) is 6.54 Å². The number of carboxylic acid groups (broad SMARTS) is 1. The Labute approximate surface area is 60.5 Å². The molecule has 2 N–H and O–H groups in total. The van der Waals surface area contributed by atoms with Crippen molar-refractivity contribution in [1.82, 2.24) is 5.32 Å². The van der Waals surface area contributed by atoms with Crippen molar-refractivity contribution < 1.29 is 23.1 Å². The number of hydrogen-bond donors (Lipinski definition) is 2. The Morgan fingerprint density at radius 3 is 2.45 bits per heavy atom. The van der Waals surface area contributed by atoms with Crippen molar-refractivity contribution in [1.29, 1.82) is 0 Å². The number of halogens is 3. The third-order valence-electron chi connectivity index (χ3n) is 0.646. The number of nitrogens with one attached hydrogen (secondary N) is 1. The number of hydrogen-bond acceptors (Lipinski definition) is 2. The molecule has 6 heteroatoms. The highest BCUT2D eigenvalue weighted by Gasteiger charge is 2.25. The monoisotopic (exact) mass is 169 g/mol. The lowest BCUT2D eigenvalue weighted by atomic mass is 10.6. The van der Waals surface area contributed by atoms with Gasteiger partial charge in [-0.25, -0.2) is 4.79 Å². The van der Waals surface area contributed by atoms with Crippen LogP contribution in [0.25, 0.3) is 0 Å². The van der Waals surface area contributed by atoms with Crippen molar-refractivity contribution in [3.8, 4) is 0 Å². The lowest BCUT2D eigenvalue weighted by Crippen LogP contribution is -2.24. The predicted molar refractivity (Wildman–Crippen MR) is 30.8 cm³/mol. The maximum Gasteiger partial charge on any atom is 0.405 e. The van der Waals surface area contributed by atoms with Crippen molar-refractivity contribution >= 4 is 5.97 Å². The number of carboxylic acids is 1. The first-order valence-electron chi connectivity index (χ1n) is 2.61. The van der Waals surface area contributed by atoms with Crippen molar-refractivity contribution in [2.75, 3.05) is 6.54 Å². The van der Waals surface area contributed by atoms with Gasteiger partial charge in [0, 0.05) is 12.3 Å². The predicted octanol–water partition coefficient (Wildman–Crippen LogP) is 0.737. The second-order valence-electron chi connectivity index (χ2n) is 1.67. The molecule has 0 unspecified atom stereocenters. The van der Waals surface area contributed by atoms with E-state index in [0.717, 1.165) is 6.20 Å². The first-order valence-corrected chi connectivity index (χ1v) is 2.61. The third-order valence-corrected chi connectivity index (χ3v) is 0.646. The fraction of sp³-hybridized carbons (Fsp3) is 0.400. The number of rotatable bonds is 3. The van der Waals surface area contributed by atoms with Gasteiger partial charge in [-0.1, -0.05) is 0 Å². The topological polar surface area (TPSA) is 49.3 Å². The third kappa shape index (κ3) is 8.80. The Bertz CT molecular complexity index is 164. The van der Waals surface area contributed by atoms with E-state index >= 15 is 0 Å². The summed E-state index contributed by atoms with van der Waals surface area (Å²) >= 11 is 0. The second-order valence-corrected chi connectivity index (χ2v) is 1.67. The zero-order chi connectivity index (χ0) is 8.91. The van der Waals surface area contributed by atoms with Crippen LogP contribution >= 0.6 is 0 Å². The average molecular weight is 169 g/mol. The van der Waals surface area contributed by atoms with Gasteiger partial charge in [-0.15, -0.1) is 0 Å². The smallest absolute Gasteiger partial charge is 0.405 e. The molecule has 0 radical (unpaired) electrons. The Hall–Kier alpha value is -1.20. The fourth-order valence-corrected chi connectivity index (χ4v) is 0.305. The van der Waals surface area contributed by atoms with E-state index in [4.69, 9.17) is 5.11 Å². The maximum absolute atomic E-state index is 11.3. The van der Waals surface area contributed by atoms with Crippen LogP contribution < -0.4 is 5.32 Å². The van der Waals surface area contributed by atoms with Gasteiger partial charge < -0.3 is 10.4 Å². The second kappa shape index (κ2) is 3.85. The molecule has 3 nitrogen and oxygen atoms in total. The number of aliphatic carboxylic acids is 1. The van der Waals surface area contributed by atoms with E-state index in [2.05, 4.69) is 0 Å². The van der Waals surface area contributed by atoms with E-state index in [1.165, 1.54) is 0 Å². The van der Waals surface area contributed by atoms with Gasteiger partial charge in [-0.05, 0) is 0 Å². The summed E-state index contributed by atoms with van der Waals surface area (Å²) in [6.07, 6.45) is -3.00. The van der Waals surface area contributed by atoms with Crippen LogP contribution in [-0.4, -0.2) is 23.8 Å². The molecule has 0 aliphatic rings. The molecule has 0 heterocycles. The molecule has 0 aliphatic heterocycles. The molecule has 0 fully saturated rings. The van der Waals surface area contributed by atoms with E-state index in [0.29, 0.717) is 6.08 Å². The van der Waals surface area contributed by atoms with E-state index in [1.807, 2.05) is 0 Å². The SMILES string of the molecule is O=C(O)/C=C/NCC(F)(F)F. The van der Waals surface area contributed by atoms with Crippen LogP contribution in [0.2, 0.25) is 0 Å². The molecule has 0 rings (SSSR count). The van der Waals surface area contributed by atoms with Gasteiger partial charge in [-0.3, -0.25) is 0 Å². The molecular weight excluding hydrogens is 163 g/mol. The van der Waals surface area contributed by atoms with Crippen LogP contribution in [0.1, 0.15) is 0 Å². The van der Waals surface area contributed by atoms with Gasteiger partial charge in [0.15, 0.2) is 0 Å². The van der Waals surface area contributed by atoms with Crippen LogP contribution in [0.4, 0.5) is 13.2 Å². The first kappa shape index (κ1) is 9.80. The molecule has 0 aromatic heterocycles. The summed E-state index contributed by atoms with van der Waals surface area (Å²) in [6, 6.07) is 0. The van der Waals surface area contributed by atoms with Gasteiger partial charge in [-0.2, -0.15) is 13.2 Å². The van der Waals surface area contributed by atoms with Crippen LogP contribution in [0.3, 0.4) is 0 Å². The van der Waals surface area contributed by atoms with E-state index in [-0.39, 0.29) is 0 Å². The Morgan fingerprint density at radius 2 is 2.09 bits per heavy atom. The summed E-state index contributed by atoms with van der Waals surface area (Å²) in [4.78, 5) is 9.72. The van der Waals surface area contributed by atoms with E-state index < -0.39 is 18.7 Å². The van der Waals surface area contributed by atoms with Crippen LogP contribution in [0.15, 0.2) is 12.3 Å². The molecule has 0 bridgehead atoms. The summed E-state index contributed by atoms with van der Waals surface area (Å²) in [5, 5.41) is 9.71. The fourth-order valence-electron chi connectivity index (χ4n) is 0.305. The maximum atomic E-state index is 11.3. The summed E-state index contributed by atoms with van der Waals surface area (Å²) < 4.78 is 34.0. The zero-order valence-electron chi connectivity index (χ0n) is 5.35. The molecule has 0 amide bonds. The molecule has 0 saturated heterocycles. The summed E-state index contributed by atoms with van der Waals surface area (Å²) in [6.45, 7) is -1.23. The van der Waals surface area contributed by atoms with Gasteiger partial charge in [0.25, 0.3) is 0 Å². The minimum absolute atomic E-state index is 0.589. The molecule has 0 aliphatic carbocycles. The van der Waals surface area contributed by atoms with E-state index in [9.17, 15) is 18.0 Å². The van der Waals surface area contributed by atoms with Crippen LogP contribution in [0, 0.1) is 0 Å². The molecular formula is C5H6F3NO2.